The molecule has 1 aromatic carbocycles. The molecule has 4 nitrogen and oxygen atoms in total. The third-order valence-electron chi connectivity index (χ3n) is 2.59. The van der Waals surface area contributed by atoms with Gasteiger partial charge >= 0.3 is 11.9 Å². The molecule has 0 amide bonds. The second-order valence-corrected chi connectivity index (χ2v) is 6.54. The predicted octanol–water partition coefficient (Wildman–Crippen LogP) is 4.34. The summed E-state index contributed by atoms with van der Waals surface area (Å²) in [5.41, 5.74) is 0.614. The maximum absolute atomic E-state index is 11.3. The highest BCUT2D eigenvalue weighted by Gasteiger charge is 2.08. The summed E-state index contributed by atoms with van der Waals surface area (Å²) in [6.07, 6.45) is 0. The Balaban J connectivity index is 0.000000438. The molecule has 0 radical (unpaired) electrons. The van der Waals surface area contributed by atoms with Gasteiger partial charge in [0.25, 0.3) is 0 Å². The first-order valence-corrected chi connectivity index (χ1v) is 8.12. The highest BCUT2D eigenvalue weighted by atomic mass is 16.5. The van der Waals surface area contributed by atoms with Crippen LogP contribution < -0.4 is 0 Å². The molecule has 1 aromatic rings. The highest BCUT2D eigenvalue weighted by molar-refractivity contribution is 5.89. The topological polar surface area (TPSA) is 52.6 Å². The van der Waals surface area contributed by atoms with E-state index in [1.165, 1.54) is 0 Å². The van der Waals surface area contributed by atoms with E-state index in [9.17, 15) is 9.59 Å². The van der Waals surface area contributed by atoms with Gasteiger partial charge in [0.1, 0.15) is 0 Å². The van der Waals surface area contributed by atoms with Crippen molar-refractivity contribution in [1.29, 1.82) is 0 Å². The van der Waals surface area contributed by atoms with E-state index in [4.69, 9.17) is 9.47 Å². The molecule has 0 bridgehead atoms. The zero-order chi connectivity index (χ0) is 17.8. The van der Waals surface area contributed by atoms with Crippen LogP contribution >= 0.6 is 0 Å². The van der Waals surface area contributed by atoms with Gasteiger partial charge in [0.15, 0.2) is 0 Å². The summed E-state index contributed by atoms with van der Waals surface area (Å²) in [5, 5.41) is 0. The molecular formula is C19H30O4. The van der Waals surface area contributed by atoms with Crippen LogP contribution in [0.25, 0.3) is 0 Å². The van der Waals surface area contributed by atoms with Crippen molar-refractivity contribution in [1.82, 2.24) is 0 Å². The molecule has 0 aromatic heterocycles. The standard InChI is InChI=1S/C11H14O2.C8H16O2/c1-9(2)8-13-11(12)10-6-4-3-5-7-10;1-6(2)5-10-8(9)7(3)4/h3-7,9H,8H2,1-2H3;6-7H,5H2,1-4H3. The second-order valence-electron chi connectivity index (χ2n) is 6.54. The van der Waals surface area contributed by atoms with Crippen molar-refractivity contribution in [3.05, 3.63) is 35.9 Å². The molecule has 4 heteroatoms. The molecule has 0 aliphatic rings. The molecule has 0 aliphatic carbocycles. The molecular weight excluding hydrogens is 292 g/mol. The van der Waals surface area contributed by atoms with Crippen LogP contribution in [-0.4, -0.2) is 25.2 Å². The average Bonchev–Trinajstić information content (AvgIpc) is 2.51. The van der Waals surface area contributed by atoms with Crippen molar-refractivity contribution in [2.75, 3.05) is 13.2 Å². The molecule has 1 rings (SSSR count). The number of rotatable bonds is 6. The monoisotopic (exact) mass is 322 g/mol. The lowest BCUT2D eigenvalue weighted by molar-refractivity contribution is -0.148. The van der Waals surface area contributed by atoms with Crippen LogP contribution in [0, 0.1) is 17.8 Å². The number of ether oxygens (including phenoxy) is 2. The van der Waals surface area contributed by atoms with Gasteiger partial charge in [-0.3, -0.25) is 4.79 Å². The zero-order valence-electron chi connectivity index (χ0n) is 15.2. The van der Waals surface area contributed by atoms with Crippen LogP contribution in [0.15, 0.2) is 30.3 Å². The quantitative estimate of drug-likeness (QED) is 0.731. The lowest BCUT2D eigenvalue weighted by Crippen LogP contribution is -2.14. The van der Waals surface area contributed by atoms with Gasteiger partial charge in [0.2, 0.25) is 0 Å². The third kappa shape index (κ3) is 11.4. The third-order valence-corrected chi connectivity index (χ3v) is 2.59. The van der Waals surface area contributed by atoms with Crippen molar-refractivity contribution >= 4 is 11.9 Å². The van der Waals surface area contributed by atoms with Gasteiger partial charge in [-0.25, -0.2) is 4.79 Å². The van der Waals surface area contributed by atoms with Gasteiger partial charge in [-0.1, -0.05) is 59.7 Å². The number of benzene rings is 1. The van der Waals surface area contributed by atoms with Crippen LogP contribution in [0.1, 0.15) is 51.9 Å². The Morgan fingerprint density at radius 1 is 0.826 bits per heavy atom. The fourth-order valence-corrected chi connectivity index (χ4v) is 1.32. The normalized spacial score (nSPS) is 10.3. The largest absolute Gasteiger partial charge is 0.465 e. The summed E-state index contributed by atoms with van der Waals surface area (Å²) in [4.78, 5) is 22.2. The van der Waals surface area contributed by atoms with E-state index in [0.29, 0.717) is 30.6 Å². The van der Waals surface area contributed by atoms with E-state index in [1.807, 2.05) is 59.7 Å². The smallest absolute Gasteiger partial charge is 0.338 e. The molecule has 0 heterocycles. The molecule has 0 saturated carbocycles. The fraction of sp³-hybridized carbons (Fsp3) is 0.579. The Kier molecular flexibility index (Phi) is 10.8. The van der Waals surface area contributed by atoms with Gasteiger partial charge in [-0.05, 0) is 24.0 Å². The molecule has 0 N–H and O–H groups in total. The summed E-state index contributed by atoms with van der Waals surface area (Å²) >= 11 is 0. The van der Waals surface area contributed by atoms with Crippen LogP contribution in [0.5, 0.6) is 0 Å². The molecule has 23 heavy (non-hydrogen) atoms. The molecule has 130 valence electrons. The van der Waals surface area contributed by atoms with Crippen LogP contribution in [0.2, 0.25) is 0 Å². The van der Waals surface area contributed by atoms with Crippen molar-refractivity contribution in [3.63, 3.8) is 0 Å². The first-order valence-electron chi connectivity index (χ1n) is 8.12. The number of carbonyl (C=O) groups is 2. The van der Waals surface area contributed by atoms with Gasteiger partial charge in [0, 0.05) is 0 Å². The summed E-state index contributed by atoms with van der Waals surface area (Å²) in [6.45, 7) is 12.8. The summed E-state index contributed by atoms with van der Waals surface area (Å²) < 4.78 is 9.98. The number of hydrogen-bond acceptors (Lipinski definition) is 4. The first kappa shape index (κ1) is 21.2. The molecule has 0 saturated heterocycles. The SMILES string of the molecule is CC(C)COC(=O)C(C)C.CC(C)COC(=O)c1ccccc1. The van der Waals surface area contributed by atoms with E-state index in [2.05, 4.69) is 0 Å². The van der Waals surface area contributed by atoms with Crippen molar-refractivity contribution < 1.29 is 19.1 Å². The minimum absolute atomic E-state index is 0.00116. The van der Waals surface area contributed by atoms with Crippen LogP contribution in [0.4, 0.5) is 0 Å². The van der Waals surface area contributed by atoms with E-state index in [-0.39, 0.29) is 17.9 Å². The van der Waals surface area contributed by atoms with E-state index < -0.39 is 0 Å². The van der Waals surface area contributed by atoms with Crippen molar-refractivity contribution in [3.8, 4) is 0 Å². The Bertz CT molecular complexity index is 450. The maximum Gasteiger partial charge on any atom is 0.338 e. The van der Waals surface area contributed by atoms with Crippen LogP contribution in [0.3, 0.4) is 0 Å². The number of carbonyl (C=O) groups excluding carboxylic acids is 2. The molecule has 0 unspecified atom stereocenters. The van der Waals surface area contributed by atoms with E-state index in [0.717, 1.165) is 0 Å². The van der Waals surface area contributed by atoms with E-state index in [1.54, 1.807) is 12.1 Å². The Morgan fingerprint density at radius 2 is 1.30 bits per heavy atom. The fourth-order valence-electron chi connectivity index (χ4n) is 1.32. The second kappa shape index (κ2) is 11.7. The van der Waals surface area contributed by atoms with Gasteiger partial charge < -0.3 is 9.47 Å². The van der Waals surface area contributed by atoms with Crippen molar-refractivity contribution in [2.24, 2.45) is 17.8 Å². The van der Waals surface area contributed by atoms with Gasteiger partial charge in [-0.15, -0.1) is 0 Å². The maximum atomic E-state index is 11.3. The molecule has 0 fully saturated rings. The predicted molar refractivity (Wildman–Crippen MR) is 92.2 cm³/mol. The summed E-state index contributed by atoms with van der Waals surface area (Å²) in [7, 11) is 0. The first-order chi connectivity index (χ1) is 10.7. The molecule has 0 aliphatic heterocycles. The minimum Gasteiger partial charge on any atom is -0.465 e. The highest BCUT2D eigenvalue weighted by Crippen LogP contribution is 2.02. The van der Waals surface area contributed by atoms with Crippen molar-refractivity contribution in [2.45, 2.75) is 41.5 Å². The summed E-state index contributed by atoms with van der Waals surface area (Å²) in [6, 6.07) is 9.03. The van der Waals surface area contributed by atoms with Gasteiger partial charge in [0.05, 0.1) is 24.7 Å². The zero-order valence-corrected chi connectivity index (χ0v) is 15.2. The number of esters is 2. The Labute approximate surface area is 140 Å². The molecule has 0 atom stereocenters. The average molecular weight is 322 g/mol. The lowest BCUT2D eigenvalue weighted by atomic mass is 10.2. The minimum atomic E-state index is -0.241. The lowest BCUT2D eigenvalue weighted by Gasteiger charge is -2.08. The van der Waals surface area contributed by atoms with Gasteiger partial charge in [-0.2, -0.15) is 0 Å². The summed E-state index contributed by atoms with van der Waals surface area (Å²) in [5.74, 6) is 0.470. The Morgan fingerprint density at radius 3 is 1.74 bits per heavy atom. The number of hydrogen-bond donors (Lipinski definition) is 0. The van der Waals surface area contributed by atoms with Crippen LogP contribution in [-0.2, 0) is 14.3 Å². The van der Waals surface area contributed by atoms with E-state index >= 15 is 0 Å². The molecule has 0 spiro atoms. The Hall–Kier alpha value is -1.84.